The number of ether oxygens (including phenoxy) is 1. The van der Waals surface area contributed by atoms with E-state index in [1.807, 2.05) is 31.2 Å². The monoisotopic (exact) mass is 295 g/mol. The molecule has 1 unspecified atom stereocenters. The summed E-state index contributed by atoms with van der Waals surface area (Å²) in [4.78, 5) is 14.4. The minimum absolute atomic E-state index is 0.107. The highest BCUT2D eigenvalue weighted by Gasteiger charge is 2.53. The summed E-state index contributed by atoms with van der Waals surface area (Å²) in [7, 11) is 0. The highest BCUT2D eigenvalue weighted by Crippen LogP contribution is 2.43. The van der Waals surface area contributed by atoms with E-state index in [-0.39, 0.29) is 18.1 Å². The maximum absolute atomic E-state index is 12.1. The average Bonchev–Trinajstić information content (AvgIpc) is 3.29. The first kappa shape index (κ1) is 14.8. The summed E-state index contributed by atoms with van der Waals surface area (Å²) in [6, 6.07) is 20.6. The smallest absolute Gasteiger partial charge is 0.325 e. The van der Waals surface area contributed by atoms with E-state index >= 15 is 0 Å². The molecule has 0 spiro atoms. The molecule has 3 heteroatoms. The highest BCUT2D eigenvalue weighted by atomic mass is 16.5. The van der Waals surface area contributed by atoms with Crippen LogP contribution in [0.1, 0.15) is 24.1 Å². The quantitative estimate of drug-likeness (QED) is 0.605. The third-order valence-electron chi connectivity index (χ3n) is 4.09. The van der Waals surface area contributed by atoms with Gasteiger partial charge in [-0.15, -0.1) is 0 Å². The van der Waals surface area contributed by atoms with E-state index in [2.05, 4.69) is 41.3 Å². The lowest BCUT2D eigenvalue weighted by molar-refractivity contribution is -0.143. The molecule has 1 fully saturated rings. The molecule has 3 rings (SSSR count). The van der Waals surface area contributed by atoms with Crippen LogP contribution in [-0.2, 0) is 16.0 Å². The number of carbonyl (C=O) groups excluding carboxylic acids is 1. The summed E-state index contributed by atoms with van der Waals surface area (Å²) < 4.78 is 5.22. The van der Waals surface area contributed by atoms with Gasteiger partial charge in [-0.25, -0.2) is 0 Å². The van der Waals surface area contributed by atoms with Crippen LogP contribution in [0.3, 0.4) is 0 Å². The van der Waals surface area contributed by atoms with E-state index in [4.69, 9.17) is 4.74 Å². The van der Waals surface area contributed by atoms with Gasteiger partial charge in [0.1, 0.15) is 6.04 Å². The van der Waals surface area contributed by atoms with Crippen LogP contribution in [0.2, 0.25) is 0 Å². The summed E-state index contributed by atoms with van der Waals surface area (Å²) >= 11 is 0. The summed E-state index contributed by atoms with van der Waals surface area (Å²) in [5.74, 6) is -0.107. The molecule has 1 heterocycles. The van der Waals surface area contributed by atoms with Crippen molar-refractivity contribution >= 4 is 5.97 Å². The fourth-order valence-electron chi connectivity index (χ4n) is 2.97. The molecule has 2 aromatic rings. The fraction of sp³-hybridized carbons (Fsp3) is 0.316. The Hall–Kier alpha value is -2.13. The third kappa shape index (κ3) is 3.20. The molecular weight excluding hydrogens is 274 g/mol. The Balaban J connectivity index is 1.69. The predicted octanol–water partition coefficient (Wildman–Crippen LogP) is 3.22. The van der Waals surface area contributed by atoms with E-state index in [1.165, 1.54) is 11.1 Å². The predicted molar refractivity (Wildman–Crippen MR) is 86.5 cm³/mol. The molecule has 0 amide bonds. The zero-order valence-electron chi connectivity index (χ0n) is 12.8. The first-order valence-corrected chi connectivity index (χ1v) is 7.82. The van der Waals surface area contributed by atoms with Gasteiger partial charge in [-0.3, -0.25) is 9.69 Å². The van der Waals surface area contributed by atoms with E-state index < -0.39 is 0 Å². The van der Waals surface area contributed by atoms with Gasteiger partial charge in [0.05, 0.1) is 12.6 Å². The van der Waals surface area contributed by atoms with E-state index in [0.717, 1.165) is 13.0 Å². The van der Waals surface area contributed by atoms with Crippen LogP contribution < -0.4 is 0 Å². The number of rotatable bonds is 6. The van der Waals surface area contributed by atoms with Crippen molar-refractivity contribution in [3.63, 3.8) is 0 Å². The number of benzene rings is 2. The standard InChI is InChI=1S/C19H21NO2/c1-2-22-19(21)18-17(16-11-7-4-8-12-16)20(18)14-13-15-9-5-3-6-10-15/h3-12,17-18H,2,13-14H2,1H3/t17-,18+,20?/m0/s1. The summed E-state index contributed by atoms with van der Waals surface area (Å²) in [5, 5.41) is 0. The molecule has 0 N–H and O–H groups in total. The summed E-state index contributed by atoms with van der Waals surface area (Å²) in [5.41, 5.74) is 2.48. The second kappa shape index (κ2) is 6.75. The van der Waals surface area contributed by atoms with Crippen molar-refractivity contribution in [3.8, 4) is 0 Å². The lowest BCUT2D eigenvalue weighted by Gasteiger charge is -2.04. The van der Waals surface area contributed by atoms with E-state index in [1.54, 1.807) is 0 Å². The Morgan fingerprint density at radius 1 is 1.05 bits per heavy atom. The first-order chi connectivity index (χ1) is 10.8. The molecule has 3 nitrogen and oxygen atoms in total. The minimum Gasteiger partial charge on any atom is -0.465 e. The Morgan fingerprint density at radius 3 is 2.32 bits per heavy atom. The lowest BCUT2D eigenvalue weighted by atomic mass is 10.1. The SMILES string of the molecule is CCOC(=O)[C@H]1[C@H](c2ccccc2)N1CCc1ccccc1. The van der Waals surface area contributed by atoms with Gasteiger partial charge in [0.2, 0.25) is 0 Å². The van der Waals surface area contributed by atoms with Crippen molar-refractivity contribution in [3.05, 3.63) is 71.8 Å². The number of hydrogen-bond acceptors (Lipinski definition) is 3. The van der Waals surface area contributed by atoms with Gasteiger partial charge in [-0.1, -0.05) is 60.7 Å². The topological polar surface area (TPSA) is 29.3 Å². The van der Waals surface area contributed by atoms with Crippen LogP contribution in [0.15, 0.2) is 60.7 Å². The Kier molecular flexibility index (Phi) is 4.54. The van der Waals surface area contributed by atoms with Gasteiger partial charge in [-0.2, -0.15) is 0 Å². The van der Waals surface area contributed by atoms with Crippen LogP contribution in [0.4, 0.5) is 0 Å². The Labute approximate surface area is 131 Å². The lowest BCUT2D eigenvalue weighted by Crippen LogP contribution is -2.17. The average molecular weight is 295 g/mol. The fourth-order valence-corrected chi connectivity index (χ4v) is 2.97. The maximum Gasteiger partial charge on any atom is 0.325 e. The molecule has 0 aromatic heterocycles. The van der Waals surface area contributed by atoms with Crippen LogP contribution in [0, 0.1) is 0 Å². The van der Waals surface area contributed by atoms with Gasteiger partial charge >= 0.3 is 5.97 Å². The molecular formula is C19H21NO2. The molecule has 0 aliphatic carbocycles. The molecule has 3 atom stereocenters. The van der Waals surface area contributed by atoms with Gasteiger partial charge in [0.25, 0.3) is 0 Å². The molecule has 1 saturated heterocycles. The zero-order chi connectivity index (χ0) is 15.4. The van der Waals surface area contributed by atoms with Gasteiger partial charge < -0.3 is 4.74 Å². The van der Waals surface area contributed by atoms with Crippen molar-refractivity contribution in [2.75, 3.05) is 13.2 Å². The normalized spacial score (nSPS) is 23.0. The largest absolute Gasteiger partial charge is 0.465 e. The van der Waals surface area contributed by atoms with Crippen LogP contribution in [0.25, 0.3) is 0 Å². The molecule has 2 aromatic carbocycles. The second-order valence-electron chi connectivity index (χ2n) is 5.53. The summed E-state index contributed by atoms with van der Waals surface area (Å²) in [6.45, 7) is 3.16. The minimum atomic E-state index is -0.133. The number of carbonyl (C=O) groups is 1. The Morgan fingerprint density at radius 2 is 1.68 bits per heavy atom. The second-order valence-corrected chi connectivity index (χ2v) is 5.53. The Bertz CT molecular complexity index is 612. The van der Waals surface area contributed by atoms with Gasteiger partial charge in [0.15, 0.2) is 0 Å². The van der Waals surface area contributed by atoms with Gasteiger partial charge in [0, 0.05) is 6.54 Å². The van der Waals surface area contributed by atoms with Crippen molar-refractivity contribution in [2.24, 2.45) is 0 Å². The highest BCUT2D eigenvalue weighted by molar-refractivity contribution is 5.80. The zero-order valence-corrected chi connectivity index (χ0v) is 12.8. The summed E-state index contributed by atoms with van der Waals surface area (Å²) in [6.07, 6.45) is 0.945. The molecule has 22 heavy (non-hydrogen) atoms. The van der Waals surface area contributed by atoms with E-state index in [9.17, 15) is 4.79 Å². The molecule has 1 aliphatic rings. The third-order valence-corrected chi connectivity index (χ3v) is 4.09. The molecule has 1 aliphatic heterocycles. The van der Waals surface area contributed by atoms with Gasteiger partial charge in [-0.05, 0) is 24.5 Å². The van der Waals surface area contributed by atoms with Crippen LogP contribution in [0.5, 0.6) is 0 Å². The van der Waals surface area contributed by atoms with Crippen molar-refractivity contribution in [2.45, 2.75) is 25.4 Å². The van der Waals surface area contributed by atoms with Crippen molar-refractivity contribution < 1.29 is 9.53 Å². The maximum atomic E-state index is 12.1. The first-order valence-electron chi connectivity index (χ1n) is 7.82. The van der Waals surface area contributed by atoms with Crippen molar-refractivity contribution in [1.29, 1.82) is 0 Å². The van der Waals surface area contributed by atoms with Crippen LogP contribution in [-0.4, -0.2) is 30.1 Å². The molecule has 0 bridgehead atoms. The van der Waals surface area contributed by atoms with Crippen molar-refractivity contribution in [1.82, 2.24) is 4.90 Å². The number of nitrogens with zero attached hydrogens (tertiary/aromatic N) is 1. The molecule has 114 valence electrons. The molecule has 0 saturated carbocycles. The number of esters is 1. The van der Waals surface area contributed by atoms with E-state index in [0.29, 0.717) is 6.61 Å². The molecule has 0 radical (unpaired) electrons. The number of hydrogen-bond donors (Lipinski definition) is 0. The van der Waals surface area contributed by atoms with Crippen LogP contribution >= 0.6 is 0 Å².